The minimum absolute atomic E-state index is 0.331. The summed E-state index contributed by atoms with van der Waals surface area (Å²) in [5.41, 5.74) is -0.694. The van der Waals surface area contributed by atoms with Crippen molar-refractivity contribution in [2.75, 3.05) is 26.2 Å². The fraction of sp³-hybridized carbons (Fsp3) is 0.929. The Kier molecular flexibility index (Phi) is 4.28. The van der Waals surface area contributed by atoms with E-state index in [1.807, 2.05) is 0 Å². The fourth-order valence-corrected chi connectivity index (χ4v) is 3.09. The largest absolute Gasteiger partial charge is 0.480 e. The second kappa shape index (κ2) is 5.57. The summed E-state index contributed by atoms with van der Waals surface area (Å²) in [5.74, 6) is 0.386. The zero-order chi connectivity index (χ0) is 13.2. The van der Waals surface area contributed by atoms with Crippen LogP contribution in [0.5, 0.6) is 0 Å². The molecule has 104 valence electrons. The number of aliphatic carboxylic acids is 1. The first-order chi connectivity index (χ1) is 8.58. The highest BCUT2D eigenvalue weighted by Gasteiger charge is 2.51. The molecule has 2 rings (SSSR count). The molecule has 1 aliphatic heterocycles. The highest BCUT2D eigenvalue weighted by atomic mass is 16.4. The molecule has 2 aliphatic rings. The molecule has 2 fully saturated rings. The molecular weight excluding hydrogens is 228 g/mol. The van der Waals surface area contributed by atoms with E-state index >= 15 is 0 Å². The summed E-state index contributed by atoms with van der Waals surface area (Å²) in [6, 6.07) is 0. The van der Waals surface area contributed by atoms with Crippen molar-refractivity contribution >= 4 is 5.97 Å². The zero-order valence-corrected chi connectivity index (χ0v) is 11.6. The van der Waals surface area contributed by atoms with Crippen LogP contribution in [0.2, 0.25) is 0 Å². The van der Waals surface area contributed by atoms with Crippen LogP contribution in [0.4, 0.5) is 0 Å². The van der Waals surface area contributed by atoms with Crippen LogP contribution in [0.1, 0.15) is 39.5 Å². The lowest BCUT2D eigenvalue weighted by molar-refractivity contribution is -0.147. The molecule has 1 saturated heterocycles. The quantitative estimate of drug-likeness (QED) is 0.724. The molecule has 2 atom stereocenters. The molecule has 1 heterocycles. The average Bonchev–Trinajstić information content (AvgIpc) is 3.09. The molecule has 0 aromatic heterocycles. The number of carboxylic acid groups (broad SMARTS) is 1. The van der Waals surface area contributed by atoms with Crippen LogP contribution in [0.25, 0.3) is 0 Å². The van der Waals surface area contributed by atoms with Crippen molar-refractivity contribution in [1.29, 1.82) is 0 Å². The van der Waals surface area contributed by atoms with E-state index in [0.717, 1.165) is 38.9 Å². The van der Waals surface area contributed by atoms with Crippen molar-refractivity contribution in [3.8, 4) is 0 Å². The van der Waals surface area contributed by atoms with Crippen LogP contribution in [-0.4, -0.2) is 47.7 Å². The molecule has 2 unspecified atom stereocenters. The van der Waals surface area contributed by atoms with Gasteiger partial charge in [0.05, 0.1) is 0 Å². The molecule has 0 spiro atoms. The Balaban J connectivity index is 2.05. The summed E-state index contributed by atoms with van der Waals surface area (Å²) in [7, 11) is 0. The molecular formula is C14H26N2O2. The minimum atomic E-state index is -0.694. The van der Waals surface area contributed by atoms with Gasteiger partial charge in [-0.2, -0.15) is 0 Å². The van der Waals surface area contributed by atoms with Crippen molar-refractivity contribution in [2.45, 2.75) is 45.1 Å². The van der Waals surface area contributed by atoms with E-state index in [1.165, 1.54) is 6.42 Å². The number of nitrogens with one attached hydrogen (secondary N) is 1. The summed E-state index contributed by atoms with van der Waals surface area (Å²) < 4.78 is 0. The van der Waals surface area contributed by atoms with Crippen molar-refractivity contribution in [3.05, 3.63) is 0 Å². The number of carboxylic acids is 1. The zero-order valence-electron chi connectivity index (χ0n) is 11.6. The second-order valence-electron chi connectivity index (χ2n) is 6.11. The first kappa shape index (κ1) is 13.8. The van der Waals surface area contributed by atoms with Gasteiger partial charge in [0.2, 0.25) is 0 Å². The topological polar surface area (TPSA) is 52.6 Å². The Morgan fingerprint density at radius 3 is 2.61 bits per heavy atom. The lowest BCUT2D eigenvalue weighted by Crippen LogP contribution is -2.60. The monoisotopic (exact) mass is 254 g/mol. The third-order valence-electron chi connectivity index (χ3n) is 4.33. The molecule has 18 heavy (non-hydrogen) atoms. The highest BCUT2D eigenvalue weighted by Crippen LogP contribution is 2.41. The third kappa shape index (κ3) is 2.86. The van der Waals surface area contributed by atoms with Crippen LogP contribution >= 0.6 is 0 Å². The molecule has 1 aliphatic carbocycles. The summed E-state index contributed by atoms with van der Waals surface area (Å²) in [6.45, 7) is 7.92. The molecule has 0 radical (unpaired) electrons. The summed E-state index contributed by atoms with van der Waals surface area (Å²) >= 11 is 0. The average molecular weight is 254 g/mol. The van der Waals surface area contributed by atoms with E-state index in [0.29, 0.717) is 18.4 Å². The minimum Gasteiger partial charge on any atom is -0.480 e. The van der Waals surface area contributed by atoms with E-state index in [4.69, 9.17) is 0 Å². The number of likely N-dealkylation sites (tertiary alicyclic amines) is 1. The SMILES string of the molecule is CCCNC(CN1CCC(C)C1)(C(=O)O)C1CC1. The highest BCUT2D eigenvalue weighted by molar-refractivity contribution is 5.80. The van der Waals surface area contributed by atoms with Gasteiger partial charge in [-0.25, -0.2) is 0 Å². The van der Waals surface area contributed by atoms with Crippen molar-refractivity contribution in [2.24, 2.45) is 11.8 Å². The van der Waals surface area contributed by atoms with Crippen LogP contribution < -0.4 is 5.32 Å². The lowest BCUT2D eigenvalue weighted by Gasteiger charge is -2.34. The Bertz CT molecular complexity index is 304. The summed E-state index contributed by atoms with van der Waals surface area (Å²) in [5, 5.41) is 13.0. The number of hydrogen-bond donors (Lipinski definition) is 2. The van der Waals surface area contributed by atoms with E-state index in [1.54, 1.807) is 0 Å². The van der Waals surface area contributed by atoms with Gasteiger partial charge in [-0.1, -0.05) is 13.8 Å². The van der Waals surface area contributed by atoms with Gasteiger partial charge < -0.3 is 15.3 Å². The summed E-state index contributed by atoms with van der Waals surface area (Å²) in [6.07, 6.45) is 4.31. The van der Waals surface area contributed by atoms with Gasteiger partial charge in [-0.15, -0.1) is 0 Å². The maximum absolute atomic E-state index is 11.8. The van der Waals surface area contributed by atoms with Crippen LogP contribution in [0.15, 0.2) is 0 Å². The van der Waals surface area contributed by atoms with Gasteiger partial charge in [0, 0.05) is 13.1 Å². The predicted molar refractivity (Wildman–Crippen MR) is 71.6 cm³/mol. The Hall–Kier alpha value is -0.610. The predicted octanol–water partition coefficient (Wildman–Crippen LogP) is 1.56. The lowest BCUT2D eigenvalue weighted by atomic mass is 9.92. The Labute approximate surface area is 110 Å². The van der Waals surface area contributed by atoms with Crippen molar-refractivity contribution in [3.63, 3.8) is 0 Å². The van der Waals surface area contributed by atoms with Gasteiger partial charge in [-0.05, 0) is 50.6 Å². The molecule has 4 nitrogen and oxygen atoms in total. The standard InChI is InChI=1S/C14H26N2O2/c1-3-7-15-14(13(17)18,12-4-5-12)10-16-8-6-11(2)9-16/h11-12,15H,3-10H2,1-2H3,(H,17,18). The Morgan fingerprint density at radius 1 is 1.44 bits per heavy atom. The van der Waals surface area contributed by atoms with Crippen LogP contribution in [-0.2, 0) is 4.79 Å². The Morgan fingerprint density at radius 2 is 2.17 bits per heavy atom. The number of hydrogen-bond acceptors (Lipinski definition) is 3. The maximum atomic E-state index is 11.8. The van der Waals surface area contributed by atoms with Gasteiger partial charge >= 0.3 is 5.97 Å². The van der Waals surface area contributed by atoms with Crippen LogP contribution in [0.3, 0.4) is 0 Å². The molecule has 1 saturated carbocycles. The molecule has 4 heteroatoms. The van der Waals surface area contributed by atoms with E-state index in [9.17, 15) is 9.90 Å². The molecule has 2 N–H and O–H groups in total. The first-order valence-electron chi connectivity index (χ1n) is 7.29. The third-order valence-corrected chi connectivity index (χ3v) is 4.33. The van der Waals surface area contributed by atoms with E-state index in [-0.39, 0.29) is 0 Å². The normalized spacial score (nSPS) is 28.2. The van der Waals surface area contributed by atoms with E-state index < -0.39 is 11.5 Å². The summed E-state index contributed by atoms with van der Waals surface area (Å²) in [4.78, 5) is 14.1. The molecule has 0 amide bonds. The fourth-order valence-electron chi connectivity index (χ4n) is 3.09. The number of nitrogens with zero attached hydrogens (tertiary/aromatic N) is 1. The van der Waals surface area contributed by atoms with Crippen LogP contribution in [0, 0.1) is 11.8 Å². The van der Waals surface area contributed by atoms with Crippen molar-refractivity contribution in [1.82, 2.24) is 10.2 Å². The molecule has 0 aromatic carbocycles. The molecule has 0 aromatic rings. The maximum Gasteiger partial charge on any atom is 0.325 e. The van der Waals surface area contributed by atoms with Crippen molar-refractivity contribution < 1.29 is 9.90 Å². The van der Waals surface area contributed by atoms with Gasteiger partial charge in [0.15, 0.2) is 0 Å². The smallest absolute Gasteiger partial charge is 0.325 e. The number of rotatable bonds is 7. The first-order valence-corrected chi connectivity index (χ1v) is 7.29. The van der Waals surface area contributed by atoms with Gasteiger partial charge in [-0.3, -0.25) is 4.79 Å². The van der Waals surface area contributed by atoms with E-state index in [2.05, 4.69) is 24.1 Å². The van der Waals surface area contributed by atoms with Gasteiger partial charge in [0.1, 0.15) is 5.54 Å². The second-order valence-corrected chi connectivity index (χ2v) is 6.11. The molecule has 0 bridgehead atoms. The van der Waals surface area contributed by atoms with Gasteiger partial charge in [0.25, 0.3) is 0 Å². The number of carbonyl (C=O) groups is 1.